The number of methoxy groups -OCH3 is 2. The molecule has 0 amide bonds. The van der Waals surface area contributed by atoms with Gasteiger partial charge < -0.3 is 14.4 Å². The van der Waals surface area contributed by atoms with Crippen LogP contribution in [0.1, 0.15) is 6.42 Å². The third-order valence-corrected chi connectivity index (χ3v) is 6.80. The molecule has 1 aromatic carbocycles. The molecule has 0 unspecified atom stereocenters. The predicted octanol–water partition coefficient (Wildman–Crippen LogP) is 3.86. The zero-order valence-electron chi connectivity index (χ0n) is 20.0. The Balaban J connectivity index is 1.85. The fraction of sp³-hybridized carbons (Fsp3) is 0.280. The Hall–Kier alpha value is -3.47. The molecule has 192 valence electrons. The average Bonchev–Trinajstić information content (AvgIpc) is 3.34. The summed E-state index contributed by atoms with van der Waals surface area (Å²) in [4.78, 5) is 38.3. The maximum atomic E-state index is 14.0. The molecule has 1 aliphatic heterocycles. The molecular weight excluding hydrogens is 524 g/mol. The third-order valence-electron chi connectivity index (χ3n) is 6.31. The number of ether oxygens (including phenoxy) is 2. The SMILES string of the molecule is COC[C@@H]1CCN(c2cc3c(c(OC)n2)c(=O)n(-c2cncc(Cl)c2)c(=O)n3-c2ccc(F)c(Cl)c2)C1. The van der Waals surface area contributed by atoms with Crippen LogP contribution in [0, 0.1) is 11.7 Å². The van der Waals surface area contributed by atoms with Crippen LogP contribution in [0.2, 0.25) is 10.0 Å². The molecule has 4 heterocycles. The number of benzene rings is 1. The normalized spacial score (nSPS) is 15.5. The molecule has 1 atom stereocenters. The van der Waals surface area contributed by atoms with Gasteiger partial charge in [0.2, 0.25) is 5.88 Å². The zero-order chi connectivity index (χ0) is 26.3. The van der Waals surface area contributed by atoms with Crippen molar-refractivity contribution < 1.29 is 13.9 Å². The second-order valence-electron chi connectivity index (χ2n) is 8.66. The second kappa shape index (κ2) is 10.1. The molecule has 0 aliphatic carbocycles. The van der Waals surface area contributed by atoms with Crippen LogP contribution in [-0.4, -0.2) is 53.0 Å². The molecule has 1 fully saturated rings. The maximum absolute atomic E-state index is 14.0. The first-order chi connectivity index (χ1) is 17.8. The van der Waals surface area contributed by atoms with E-state index in [1.807, 2.05) is 4.90 Å². The van der Waals surface area contributed by atoms with Crippen LogP contribution in [0.5, 0.6) is 5.88 Å². The summed E-state index contributed by atoms with van der Waals surface area (Å²) >= 11 is 12.2. The molecule has 12 heteroatoms. The summed E-state index contributed by atoms with van der Waals surface area (Å²) in [7, 11) is 3.06. The number of fused-ring (bicyclic) bond motifs is 1. The summed E-state index contributed by atoms with van der Waals surface area (Å²) < 4.78 is 27.1. The van der Waals surface area contributed by atoms with E-state index in [1.54, 1.807) is 13.2 Å². The van der Waals surface area contributed by atoms with Crippen molar-refractivity contribution in [3.05, 3.63) is 79.4 Å². The maximum Gasteiger partial charge on any atom is 0.340 e. The molecule has 0 saturated carbocycles. The molecule has 0 bridgehead atoms. The first-order valence-electron chi connectivity index (χ1n) is 11.4. The van der Waals surface area contributed by atoms with E-state index in [0.717, 1.165) is 17.1 Å². The minimum Gasteiger partial charge on any atom is -0.480 e. The summed E-state index contributed by atoms with van der Waals surface area (Å²) in [5.41, 5.74) is -0.742. The molecule has 37 heavy (non-hydrogen) atoms. The van der Waals surface area contributed by atoms with Gasteiger partial charge in [-0.2, -0.15) is 4.98 Å². The van der Waals surface area contributed by atoms with E-state index in [0.29, 0.717) is 31.4 Å². The zero-order valence-corrected chi connectivity index (χ0v) is 21.5. The number of aromatic nitrogens is 4. The van der Waals surface area contributed by atoms with E-state index < -0.39 is 17.1 Å². The fourth-order valence-electron chi connectivity index (χ4n) is 4.62. The molecule has 4 aromatic rings. The lowest BCUT2D eigenvalue weighted by atomic mass is 10.1. The van der Waals surface area contributed by atoms with Crippen LogP contribution in [0.15, 0.2) is 52.3 Å². The number of halogens is 3. The van der Waals surface area contributed by atoms with Crippen molar-refractivity contribution in [3.8, 4) is 17.3 Å². The molecule has 0 N–H and O–H groups in total. The van der Waals surface area contributed by atoms with Gasteiger partial charge in [0.15, 0.2) is 0 Å². The van der Waals surface area contributed by atoms with Crippen molar-refractivity contribution in [2.75, 3.05) is 38.8 Å². The van der Waals surface area contributed by atoms with Gasteiger partial charge in [-0.1, -0.05) is 23.2 Å². The summed E-state index contributed by atoms with van der Waals surface area (Å²) in [5, 5.41) is 0.113. The highest BCUT2D eigenvalue weighted by atomic mass is 35.5. The monoisotopic (exact) mass is 545 g/mol. The van der Waals surface area contributed by atoms with Gasteiger partial charge in [-0.15, -0.1) is 0 Å². The minimum atomic E-state index is -0.720. The third kappa shape index (κ3) is 4.56. The van der Waals surface area contributed by atoms with Gasteiger partial charge >= 0.3 is 5.69 Å². The fourth-order valence-corrected chi connectivity index (χ4v) is 4.96. The van der Waals surface area contributed by atoms with Crippen LogP contribution in [0.25, 0.3) is 22.3 Å². The Morgan fingerprint density at radius 2 is 1.89 bits per heavy atom. The molecule has 5 rings (SSSR count). The van der Waals surface area contributed by atoms with Crippen molar-refractivity contribution >= 4 is 39.9 Å². The van der Waals surface area contributed by atoms with Crippen LogP contribution in [0.4, 0.5) is 10.2 Å². The number of hydrogen-bond acceptors (Lipinski definition) is 7. The van der Waals surface area contributed by atoms with E-state index in [2.05, 4.69) is 9.97 Å². The van der Waals surface area contributed by atoms with E-state index in [9.17, 15) is 14.0 Å². The highest BCUT2D eigenvalue weighted by Gasteiger charge is 2.27. The molecule has 1 saturated heterocycles. The summed E-state index contributed by atoms with van der Waals surface area (Å²) in [6.45, 7) is 2.01. The summed E-state index contributed by atoms with van der Waals surface area (Å²) in [5.74, 6) is 0.246. The van der Waals surface area contributed by atoms with Crippen LogP contribution in [-0.2, 0) is 4.74 Å². The van der Waals surface area contributed by atoms with Crippen molar-refractivity contribution in [2.45, 2.75) is 6.42 Å². The predicted molar refractivity (Wildman–Crippen MR) is 139 cm³/mol. The lowest BCUT2D eigenvalue weighted by molar-refractivity contribution is 0.161. The van der Waals surface area contributed by atoms with Crippen LogP contribution < -0.4 is 20.9 Å². The quantitative estimate of drug-likeness (QED) is 0.363. The molecule has 0 radical (unpaired) electrons. The van der Waals surface area contributed by atoms with Gasteiger partial charge in [0.25, 0.3) is 5.56 Å². The number of rotatable bonds is 6. The standard InChI is InChI=1S/C25H22Cl2FN5O4/c1-36-13-14-5-6-31(12-14)21-9-20-22(23(30-21)37-2)24(34)33(17-7-15(26)10-29-11-17)25(35)32(20)16-3-4-19(28)18(27)8-16/h3-4,7-11,14H,5-6,12-13H2,1-2H3/t14-/m1/s1. The molecule has 1 aliphatic rings. The summed E-state index contributed by atoms with van der Waals surface area (Å²) in [6, 6.07) is 6.98. The first-order valence-corrected chi connectivity index (χ1v) is 12.1. The Morgan fingerprint density at radius 3 is 2.59 bits per heavy atom. The number of nitrogens with zero attached hydrogens (tertiary/aromatic N) is 5. The minimum absolute atomic E-state index is 0.0402. The highest BCUT2D eigenvalue weighted by molar-refractivity contribution is 6.31. The lowest BCUT2D eigenvalue weighted by Gasteiger charge is -2.21. The second-order valence-corrected chi connectivity index (χ2v) is 9.50. The molecule has 9 nitrogen and oxygen atoms in total. The Labute approximate surface area is 220 Å². The highest BCUT2D eigenvalue weighted by Crippen LogP contribution is 2.31. The average molecular weight is 546 g/mol. The van der Waals surface area contributed by atoms with Crippen molar-refractivity contribution in [1.82, 2.24) is 19.1 Å². The Morgan fingerprint density at radius 1 is 1.08 bits per heavy atom. The van der Waals surface area contributed by atoms with Crippen LogP contribution >= 0.6 is 23.2 Å². The largest absolute Gasteiger partial charge is 0.480 e. The Kier molecular flexibility index (Phi) is 6.89. The van der Waals surface area contributed by atoms with E-state index >= 15 is 0 Å². The van der Waals surface area contributed by atoms with Gasteiger partial charge in [0, 0.05) is 38.4 Å². The van der Waals surface area contributed by atoms with E-state index in [4.69, 9.17) is 32.7 Å². The van der Waals surface area contributed by atoms with Gasteiger partial charge in [0.1, 0.15) is 17.0 Å². The smallest absolute Gasteiger partial charge is 0.340 e. The Bertz CT molecular complexity index is 1620. The van der Waals surface area contributed by atoms with E-state index in [-0.39, 0.29) is 38.2 Å². The van der Waals surface area contributed by atoms with Gasteiger partial charge in [0.05, 0.1) is 46.9 Å². The van der Waals surface area contributed by atoms with Gasteiger partial charge in [-0.05, 0) is 30.7 Å². The van der Waals surface area contributed by atoms with Gasteiger partial charge in [-0.3, -0.25) is 14.3 Å². The lowest BCUT2D eigenvalue weighted by Crippen LogP contribution is -2.39. The summed E-state index contributed by atoms with van der Waals surface area (Å²) in [6.07, 6.45) is 3.63. The van der Waals surface area contributed by atoms with Crippen molar-refractivity contribution in [3.63, 3.8) is 0 Å². The van der Waals surface area contributed by atoms with Crippen LogP contribution in [0.3, 0.4) is 0 Å². The molecule has 3 aromatic heterocycles. The van der Waals surface area contributed by atoms with Crippen molar-refractivity contribution in [2.24, 2.45) is 5.92 Å². The topological polar surface area (TPSA) is 91.5 Å². The molecular formula is C25H22Cl2FN5O4. The van der Waals surface area contributed by atoms with Gasteiger partial charge in [-0.25, -0.2) is 13.8 Å². The first kappa shape index (κ1) is 25.2. The molecule has 0 spiro atoms. The number of hydrogen-bond donors (Lipinski definition) is 0. The number of pyridine rings is 2. The van der Waals surface area contributed by atoms with Crippen molar-refractivity contribution in [1.29, 1.82) is 0 Å². The van der Waals surface area contributed by atoms with E-state index in [1.165, 1.54) is 42.3 Å². The number of anilines is 1.